The highest BCUT2D eigenvalue weighted by molar-refractivity contribution is 8.20. The van der Waals surface area contributed by atoms with E-state index >= 15 is 0 Å². The van der Waals surface area contributed by atoms with Gasteiger partial charge in [-0.3, -0.25) is 4.90 Å². The van der Waals surface area contributed by atoms with E-state index in [1.54, 1.807) is 16.5 Å². The molecule has 10 heavy (non-hydrogen) atoms. The molecule has 0 radical (unpaired) electrons. The third-order valence-electron chi connectivity index (χ3n) is 1.53. The zero-order valence-electron chi connectivity index (χ0n) is 5.88. The van der Waals surface area contributed by atoms with Crippen LogP contribution in [0.5, 0.6) is 0 Å². The van der Waals surface area contributed by atoms with Crippen LogP contribution in [0.25, 0.3) is 0 Å². The normalized spacial score (nSPS) is 20.8. The Balaban J connectivity index is 2.07. The molecule has 0 aromatic rings. The molecular formula is C6H12N2S2. The number of hydrogen-bond acceptors (Lipinski definition) is 4. The van der Waals surface area contributed by atoms with Gasteiger partial charge in [0.2, 0.25) is 0 Å². The van der Waals surface area contributed by atoms with Gasteiger partial charge < -0.3 is 5.32 Å². The van der Waals surface area contributed by atoms with Crippen LogP contribution in [0.1, 0.15) is 0 Å². The third kappa shape index (κ3) is 2.96. The quantitative estimate of drug-likeness (QED) is 0.631. The maximum Gasteiger partial charge on any atom is 0.0495 e. The van der Waals surface area contributed by atoms with Crippen LogP contribution < -0.4 is 5.32 Å². The second-order valence-electron chi connectivity index (χ2n) is 2.26. The van der Waals surface area contributed by atoms with Gasteiger partial charge in [0.05, 0.1) is 0 Å². The Labute approximate surface area is 71.3 Å². The van der Waals surface area contributed by atoms with E-state index in [0.29, 0.717) is 0 Å². The first-order valence-corrected chi connectivity index (χ1v) is 4.94. The molecule has 1 aliphatic heterocycles. The molecule has 0 amide bonds. The lowest BCUT2D eigenvalue weighted by Gasteiger charge is -2.25. The Morgan fingerprint density at radius 1 is 1.50 bits per heavy atom. The highest BCUT2D eigenvalue weighted by atomic mass is 32.2. The number of piperazine rings is 1. The minimum absolute atomic E-state index is 1.06. The summed E-state index contributed by atoms with van der Waals surface area (Å²) < 4.78 is 1.74. The van der Waals surface area contributed by atoms with E-state index in [0.717, 1.165) is 32.1 Å². The summed E-state index contributed by atoms with van der Waals surface area (Å²) in [7, 11) is 0. The van der Waals surface area contributed by atoms with Crippen LogP contribution in [0.2, 0.25) is 0 Å². The fourth-order valence-corrected chi connectivity index (χ4v) is 1.69. The second kappa shape index (κ2) is 5.07. The van der Waals surface area contributed by atoms with Crippen LogP contribution in [0.15, 0.2) is 0 Å². The van der Waals surface area contributed by atoms with Crippen LogP contribution in [0.4, 0.5) is 0 Å². The fraction of sp³-hybridized carbons (Fsp3) is 0.833. The molecule has 1 aliphatic rings. The standard InChI is InChI=1S/C6H12N2S2/c9-6-10-5-8-3-1-7-2-4-8/h6-7H,1-5H2. The van der Waals surface area contributed by atoms with Crippen LogP contribution in [0, 0.1) is 0 Å². The molecule has 0 aromatic heterocycles. The monoisotopic (exact) mass is 176 g/mol. The van der Waals surface area contributed by atoms with Gasteiger partial charge in [-0.25, -0.2) is 0 Å². The van der Waals surface area contributed by atoms with Gasteiger partial charge >= 0.3 is 0 Å². The topological polar surface area (TPSA) is 15.3 Å². The van der Waals surface area contributed by atoms with E-state index in [2.05, 4.69) is 10.2 Å². The van der Waals surface area contributed by atoms with Crippen molar-refractivity contribution in [1.82, 2.24) is 10.2 Å². The van der Waals surface area contributed by atoms with Crippen LogP contribution in [-0.2, 0) is 0 Å². The predicted octanol–water partition coefficient (Wildman–Crippen LogP) is 0.539. The van der Waals surface area contributed by atoms with Gasteiger partial charge in [-0.05, 0) is 0 Å². The number of rotatable bonds is 3. The summed E-state index contributed by atoms with van der Waals surface area (Å²) in [5, 5.41) is 3.30. The van der Waals surface area contributed by atoms with Crippen molar-refractivity contribution < 1.29 is 0 Å². The minimum atomic E-state index is 1.06. The maximum atomic E-state index is 4.72. The van der Waals surface area contributed by atoms with Gasteiger partial charge in [-0.1, -0.05) is 12.2 Å². The van der Waals surface area contributed by atoms with Crippen molar-refractivity contribution in [2.75, 3.05) is 32.1 Å². The number of nitrogens with one attached hydrogen (secondary N) is 1. The van der Waals surface area contributed by atoms with Crippen molar-refractivity contribution in [3.05, 3.63) is 0 Å². The summed E-state index contributed by atoms with van der Waals surface area (Å²) >= 11 is 6.42. The molecule has 0 spiro atoms. The second-order valence-corrected chi connectivity index (χ2v) is 3.62. The molecule has 0 saturated carbocycles. The highest BCUT2D eigenvalue weighted by Crippen LogP contribution is 2.01. The summed E-state index contributed by atoms with van der Waals surface area (Å²) in [5.41, 5.74) is 0. The smallest absolute Gasteiger partial charge is 0.0495 e. The zero-order valence-corrected chi connectivity index (χ0v) is 7.51. The van der Waals surface area contributed by atoms with E-state index in [1.807, 2.05) is 0 Å². The Hall–Kier alpha value is 0.360. The first-order valence-electron chi connectivity index (χ1n) is 3.42. The summed E-state index contributed by atoms with van der Waals surface area (Å²) in [6.07, 6.45) is 0. The van der Waals surface area contributed by atoms with Crippen molar-refractivity contribution in [3.63, 3.8) is 0 Å². The first-order chi connectivity index (χ1) is 4.93. The molecular weight excluding hydrogens is 164 g/mol. The lowest BCUT2D eigenvalue weighted by molar-refractivity contribution is 0.280. The molecule has 1 rings (SSSR count). The SMILES string of the molecule is S=CSCN1CCNCC1. The van der Waals surface area contributed by atoms with Gasteiger partial charge in [0.15, 0.2) is 0 Å². The average Bonchev–Trinajstić information content (AvgIpc) is 2.03. The van der Waals surface area contributed by atoms with E-state index in [1.165, 1.54) is 0 Å². The molecule has 4 heteroatoms. The Kier molecular flexibility index (Phi) is 4.29. The first kappa shape index (κ1) is 8.46. The summed E-state index contributed by atoms with van der Waals surface area (Å²) in [6, 6.07) is 0. The zero-order chi connectivity index (χ0) is 7.23. The van der Waals surface area contributed by atoms with E-state index < -0.39 is 0 Å². The maximum absolute atomic E-state index is 4.72. The molecule has 0 bridgehead atoms. The molecule has 58 valence electrons. The third-order valence-corrected chi connectivity index (χ3v) is 2.59. The summed E-state index contributed by atoms with van der Waals surface area (Å²) in [6.45, 7) is 4.57. The molecule has 0 aromatic carbocycles. The number of thioether (sulfide) groups is 1. The van der Waals surface area contributed by atoms with Crippen molar-refractivity contribution in [1.29, 1.82) is 0 Å². The van der Waals surface area contributed by atoms with Crippen LogP contribution in [0.3, 0.4) is 0 Å². The molecule has 0 unspecified atom stereocenters. The van der Waals surface area contributed by atoms with Gasteiger partial charge in [0, 0.05) is 36.8 Å². The van der Waals surface area contributed by atoms with Crippen molar-refractivity contribution in [2.24, 2.45) is 0 Å². The summed E-state index contributed by atoms with van der Waals surface area (Å²) in [5.74, 6) is 1.06. The Bertz CT molecular complexity index is 102. The Morgan fingerprint density at radius 2 is 2.20 bits per heavy atom. The molecule has 1 N–H and O–H groups in total. The van der Waals surface area contributed by atoms with Crippen molar-refractivity contribution in [3.8, 4) is 0 Å². The van der Waals surface area contributed by atoms with Crippen LogP contribution >= 0.6 is 24.0 Å². The Morgan fingerprint density at radius 3 is 2.80 bits per heavy atom. The van der Waals surface area contributed by atoms with E-state index in [4.69, 9.17) is 12.2 Å². The van der Waals surface area contributed by atoms with Crippen molar-refractivity contribution in [2.45, 2.75) is 0 Å². The molecule has 1 heterocycles. The number of thiocarbonyl (C=S) groups is 1. The average molecular weight is 176 g/mol. The summed E-state index contributed by atoms with van der Waals surface area (Å²) in [4.78, 5) is 2.41. The van der Waals surface area contributed by atoms with E-state index in [9.17, 15) is 0 Å². The van der Waals surface area contributed by atoms with Gasteiger partial charge in [0.1, 0.15) is 0 Å². The predicted molar refractivity (Wildman–Crippen MR) is 50.6 cm³/mol. The van der Waals surface area contributed by atoms with Crippen molar-refractivity contribution >= 4 is 28.7 Å². The fourth-order valence-electron chi connectivity index (χ4n) is 0.976. The highest BCUT2D eigenvalue weighted by Gasteiger charge is 2.07. The molecule has 0 aliphatic carbocycles. The van der Waals surface area contributed by atoms with Gasteiger partial charge in [0.25, 0.3) is 0 Å². The molecule has 0 atom stereocenters. The number of nitrogens with zero attached hydrogens (tertiary/aromatic N) is 1. The van der Waals surface area contributed by atoms with Gasteiger partial charge in [-0.2, -0.15) is 0 Å². The molecule has 1 saturated heterocycles. The molecule has 2 nitrogen and oxygen atoms in total. The number of hydrogen-bond donors (Lipinski definition) is 1. The lowest BCUT2D eigenvalue weighted by atomic mass is 10.4. The largest absolute Gasteiger partial charge is 0.314 e. The lowest BCUT2D eigenvalue weighted by Crippen LogP contribution is -2.43. The van der Waals surface area contributed by atoms with Crippen LogP contribution in [-0.4, -0.2) is 41.7 Å². The molecule has 1 fully saturated rings. The van der Waals surface area contributed by atoms with E-state index in [-0.39, 0.29) is 0 Å². The minimum Gasteiger partial charge on any atom is -0.314 e. The van der Waals surface area contributed by atoms with Gasteiger partial charge in [-0.15, -0.1) is 11.8 Å².